The smallest absolute Gasteiger partial charge is 0.244 e. The van der Waals surface area contributed by atoms with Crippen LogP contribution in [0.4, 0.5) is 5.69 Å². The molecule has 0 bridgehead atoms. The number of anilines is 1. The third-order valence-electron chi connectivity index (χ3n) is 6.46. The van der Waals surface area contributed by atoms with Crippen LogP contribution >= 0.6 is 0 Å². The van der Waals surface area contributed by atoms with Crippen molar-refractivity contribution in [1.82, 2.24) is 9.80 Å². The van der Waals surface area contributed by atoms with Crippen LogP contribution in [0.25, 0.3) is 0 Å². The minimum atomic E-state index is -0.659. The Hall–Kier alpha value is -1.92. The first-order chi connectivity index (χ1) is 13.1. The van der Waals surface area contributed by atoms with E-state index in [1.165, 1.54) is 6.42 Å². The zero-order chi connectivity index (χ0) is 18.9. The number of amides is 2. The second-order valence-electron chi connectivity index (χ2n) is 8.17. The molecule has 1 saturated carbocycles. The number of piperazine rings is 1. The largest absolute Gasteiger partial charge is 0.339 e. The summed E-state index contributed by atoms with van der Waals surface area (Å²) in [4.78, 5) is 31.9. The molecule has 1 aromatic rings. The molecule has 6 heteroatoms. The molecule has 0 spiro atoms. The number of hydrogen-bond donors (Lipinski definition) is 1. The topological polar surface area (TPSA) is 69.9 Å². The van der Waals surface area contributed by atoms with E-state index in [-0.39, 0.29) is 17.9 Å². The number of nitrogens with two attached hydrogens (primary N) is 1. The SMILES string of the molecule is NC1(C(=O)N2CCN(C3CCN(c4ccccc4)C3=O)CC2)CCCCC1. The Balaban J connectivity index is 1.34. The van der Waals surface area contributed by atoms with Crippen LogP contribution in [0, 0.1) is 0 Å². The van der Waals surface area contributed by atoms with Crippen molar-refractivity contribution in [2.75, 3.05) is 37.6 Å². The molecule has 0 aromatic heterocycles. The van der Waals surface area contributed by atoms with Crippen molar-refractivity contribution in [3.05, 3.63) is 30.3 Å². The van der Waals surface area contributed by atoms with E-state index >= 15 is 0 Å². The van der Waals surface area contributed by atoms with Crippen LogP contribution in [0.5, 0.6) is 0 Å². The van der Waals surface area contributed by atoms with Gasteiger partial charge in [0.1, 0.15) is 0 Å². The average molecular weight is 370 g/mol. The van der Waals surface area contributed by atoms with E-state index < -0.39 is 5.54 Å². The van der Waals surface area contributed by atoms with E-state index in [2.05, 4.69) is 4.90 Å². The van der Waals surface area contributed by atoms with Crippen LogP contribution in [0.3, 0.4) is 0 Å². The number of hydrogen-bond acceptors (Lipinski definition) is 4. The number of benzene rings is 1. The molecule has 1 unspecified atom stereocenters. The molecule has 1 aromatic carbocycles. The highest BCUT2D eigenvalue weighted by molar-refractivity contribution is 5.99. The summed E-state index contributed by atoms with van der Waals surface area (Å²) in [5, 5.41) is 0. The molecule has 2 aliphatic heterocycles. The summed E-state index contributed by atoms with van der Waals surface area (Å²) in [6, 6.07) is 9.81. The number of para-hydroxylation sites is 1. The fourth-order valence-electron chi connectivity index (χ4n) is 4.82. The number of rotatable bonds is 3. The zero-order valence-electron chi connectivity index (χ0n) is 16.0. The highest BCUT2D eigenvalue weighted by atomic mass is 16.2. The summed E-state index contributed by atoms with van der Waals surface area (Å²) < 4.78 is 0. The summed E-state index contributed by atoms with van der Waals surface area (Å²) in [6.45, 7) is 3.61. The van der Waals surface area contributed by atoms with Gasteiger partial charge in [-0.15, -0.1) is 0 Å². The first-order valence-corrected chi connectivity index (χ1v) is 10.3. The Morgan fingerprint density at radius 3 is 2.30 bits per heavy atom. The van der Waals surface area contributed by atoms with Gasteiger partial charge in [-0.2, -0.15) is 0 Å². The molecule has 0 radical (unpaired) electrons. The molecule has 2 saturated heterocycles. The molecule has 4 rings (SSSR count). The summed E-state index contributed by atoms with van der Waals surface area (Å²) in [5.41, 5.74) is 6.74. The fraction of sp³-hybridized carbons (Fsp3) is 0.619. The Morgan fingerprint density at radius 1 is 0.963 bits per heavy atom. The first-order valence-electron chi connectivity index (χ1n) is 10.3. The van der Waals surface area contributed by atoms with E-state index in [1.54, 1.807) is 0 Å². The fourth-order valence-corrected chi connectivity index (χ4v) is 4.82. The lowest BCUT2D eigenvalue weighted by molar-refractivity contribution is -0.140. The van der Waals surface area contributed by atoms with Gasteiger partial charge in [-0.25, -0.2) is 0 Å². The lowest BCUT2D eigenvalue weighted by atomic mass is 9.81. The minimum absolute atomic E-state index is 0.0658. The summed E-state index contributed by atoms with van der Waals surface area (Å²) in [7, 11) is 0. The van der Waals surface area contributed by atoms with Gasteiger partial charge in [0, 0.05) is 38.4 Å². The Bertz CT molecular complexity index is 679. The molecule has 6 nitrogen and oxygen atoms in total. The van der Waals surface area contributed by atoms with Gasteiger partial charge < -0.3 is 15.5 Å². The maximum absolute atomic E-state index is 12.9. The molecular formula is C21H30N4O2. The van der Waals surface area contributed by atoms with Crippen LogP contribution in [-0.2, 0) is 9.59 Å². The standard InChI is InChI=1S/C21H30N4O2/c22-21(10-5-2-6-11-21)20(27)24-15-13-23(14-16-24)18-9-12-25(19(18)26)17-7-3-1-4-8-17/h1,3-4,7-8,18H,2,5-6,9-16,22H2. The van der Waals surface area contributed by atoms with Gasteiger partial charge in [-0.05, 0) is 31.4 Å². The normalized spacial score (nSPS) is 26.4. The molecular weight excluding hydrogens is 340 g/mol. The third kappa shape index (κ3) is 3.60. The summed E-state index contributed by atoms with van der Waals surface area (Å²) >= 11 is 0. The zero-order valence-corrected chi connectivity index (χ0v) is 16.0. The summed E-state index contributed by atoms with van der Waals surface area (Å²) in [6.07, 6.45) is 5.74. The maximum Gasteiger partial charge on any atom is 0.244 e. The average Bonchev–Trinajstić information content (AvgIpc) is 3.10. The van der Waals surface area contributed by atoms with Gasteiger partial charge in [0.2, 0.25) is 11.8 Å². The van der Waals surface area contributed by atoms with Crippen LogP contribution in [0.2, 0.25) is 0 Å². The van der Waals surface area contributed by atoms with Crippen molar-refractivity contribution in [2.24, 2.45) is 5.73 Å². The molecule has 27 heavy (non-hydrogen) atoms. The molecule has 2 heterocycles. The van der Waals surface area contributed by atoms with Gasteiger partial charge in [0.25, 0.3) is 0 Å². The Morgan fingerprint density at radius 2 is 1.63 bits per heavy atom. The van der Waals surface area contributed by atoms with Gasteiger partial charge in [0.15, 0.2) is 0 Å². The monoisotopic (exact) mass is 370 g/mol. The predicted molar refractivity (Wildman–Crippen MR) is 105 cm³/mol. The summed E-state index contributed by atoms with van der Waals surface area (Å²) in [5.74, 6) is 0.300. The molecule has 1 aliphatic carbocycles. The molecule has 1 atom stereocenters. The Labute approximate surface area is 161 Å². The lowest BCUT2D eigenvalue weighted by Gasteiger charge is -2.42. The highest BCUT2D eigenvalue weighted by Crippen LogP contribution is 2.29. The quantitative estimate of drug-likeness (QED) is 0.877. The van der Waals surface area contributed by atoms with Crippen LogP contribution in [-0.4, -0.2) is 65.9 Å². The van der Waals surface area contributed by atoms with Gasteiger partial charge in [0.05, 0.1) is 11.6 Å². The number of carbonyl (C=O) groups is 2. The van der Waals surface area contributed by atoms with Crippen molar-refractivity contribution in [2.45, 2.75) is 50.1 Å². The van der Waals surface area contributed by atoms with Crippen molar-refractivity contribution in [3.63, 3.8) is 0 Å². The molecule has 2 amide bonds. The highest BCUT2D eigenvalue weighted by Gasteiger charge is 2.42. The van der Waals surface area contributed by atoms with Crippen LogP contribution < -0.4 is 10.6 Å². The van der Waals surface area contributed by atoms with E-state index in [1.807, 2.05) is 40.1 Å². The van der Waals surface area contributed by atoms with Crippen molar-refractivity contribution in [1.29, 1.82) is 0 Å². The molecule has 3 aliphatic rings. The maximum atomic E-state index is 12.9. The van der Waals surface area contributed by atoms with Crippen LogP contribution in [0.1, 0.15) is 38.5 Å². The second kappa shape index (κ2) is 7.60. The molecule has 3 fully saturated rings. The lowest BCUT2D eigenvalue weighted by Crippen LogP contribution is -2.61. The van der Waals surface area contributed by atoms with E-state index in [0.29, 0.717) is 13.1 Å². The van der Waals surface area contributed by atoms with E-state index in [0.717, 1.165) is 57.4 Å². The van der Waals surface area contributed by atoms with Crippen molar-refractivity contribution in [3.8, 4) is 0 Å². The number of carbonyl (C=O) groups excluding carboxylic acids is 2. The van der Waals surface area contributed by atoms with E-state index in [9.17, 15) is 9.59 Å². The third-order valence-corrected chi connectivity index (χ3v) is 6.46. The van der Waals surface area contributed by atoms with Gasteiger partial charge in [-0.1, -0.05) is 37.5 Å². The minimum Gasteiger partial charge on any atom is -0.339 e. The van der Waals surface area contributed by atoms with Gasteiger partial charge >= 0.3 is 0 Å². The van der Waals surface area contributed by atoms with Crippen molar-refractivity contribution >= 4 is 17.5 Å². The van der Waals surface area contributed by atoms with Crippen molar-refractivity contribution < 1.29 is 9.59 Å². The molecule has 2 N–H and O–H groups in total. The van der Waals surface area contributed by atoms with E-state index in [4.69, 9.17) is 5.73 Å². The second-order valence-corrected chi connectivity index (χ2v) is 8.17. The predicted octanol–water partition coefficient (Wildman–Crippen LogP) is 1.60. The molecule has 146 valence electrons. The van der Waals surface area contributed by atoms with Gasteiger partial charge in [-0.3, -0.25) is 14.5 Å². The van der Waals surface area contributed by atoms with Crippen LogP contribution in [0.15, 0.2) is 30.3 Å². The Kier molecular flexibility index (Phi) is 5.19. The first kappa shape index (κ1) is 18.4. The number of nitrogens with zero attached hydrogens (tertiary/aromatic N) is 3.